The summed E-state index contributed by atoms with van der Waals surface area (Å²) in [6.45, 7) is 4.42. The highest BCUT2D eigenvalue weighted by Crippen LogP contribution is 2.48. The molecular weight excluding hydrogens is 263 g/mol. The topological polar surface area (TPSA) is 0 Å². The minimum atomic E-state index is -0.175. The van der Waals surface area contributed by atoms with E-state index in [0.29, 0.717) is 0 Å². The van der Waals surface area contributed by atoms with Crippen LogP contribution in [-0.2, 0) is 0 Å². The third kappa shape index (κ3) is 2.13. The van der Waals surface area contributed by atoms with Crippen molar-refractivity contribution in [3.05, 3.63) is 52.4 Å². The lowest BCUT2D eigenvalue weighted by molar-refractivity contribution is 1.41. The zero-order valence-electron chi connectivity index (χ0n) is 9.81. The minimum absolute atomic E-state index is 0.175. The molecule has 0 saturated heterocycles. The van der Waals surface area contributed by atoms with Gasteiger partial charge in [0.2, 0.25) is 0 Å². The summed E-state index contributed by atoms with van der Waals surface area (Å²) in [5.74, 6) is 4.85. The van der Waals surface area contributed by atoms with Crippen molar-refractivity contribution in [3.63, 3.8) is 0 Å². The molecule has 86 valence electrons. The van der Waals surface area contributed by atoms with E-state index in [1.165, 1.54) is 25.5 Å². The van der Waals surface area contributed by atoms with Gasteiger partial charge in [-0.05, 0) is 60.1 Å². The van der Waals surface area contributed by atoms with Gasteiger partial charge in [-0.25, -0.2) is 0 Å². The highest BCUT2D eigenvalue weighted by atomic mass is 32.1. The first-order chi connectivity index (χ1) is 8.24. The summed E-state index contributed by atoms with van der Waals surface area (Å²) in [4.78, 5) is 2.79. The summed E-state index contributed by atoms with van der Waals surface area (Å²) < 4.78 is 1.51. The maximum Gasteiger partial charge on any atom is 0.0507 e. The van der Waals surface area contributed by atoms with Gasteiger partial charge in [0, 0.05) is 9.75 Å². The van der Waals surface area contributed by atoms with Crippen molar-refractivity contribution in [1.82, 2.24) is 0 Å². The van der Waals surface area contributed by atoms with Gasteiger partial charge in [-0.15, -0.1) is 22.7 Å². The van der Waals surface area contributed by atoms with Crippen LogP contribution in [0.25, 0.3) is 14.4 Å². The van der Waals surface area contributed by atoms with Crippen LogP contribution >= 0.6 is 30.2 Å². The molecule has 3 aromatic rings. The molecule has 0 amide bonds. The Morgan fingerprint density at radius 1 is 0.941 bits per heavy atom. The van der Waals surface area contributed by atoms with Crippen LogP contribution in [0.1, 0.15) is 11.1 Å². The van der Waals surface area contributed by atoms with Crippen LogP contribution in [0.3, 0.4) is 0 Å². The second-order valence-electron chi connectivity index (χ2n) is 4.15. The number of hydrogen-bond donors (Lipinski definition) is 0. The molecule has 0 nitrogen and oxygen atoms in total. The Kier molecular flexibility index (Phi) is 2.96. The predicted molar refractivity (Wildman–Crippen MR) is 81.2 cm³/mol. The van der Waals surface area contributed by atoms with Crippen molar-refractivity contribution in [2.45, 2.75) is 13.8 Å². The molecule has 0 aliphatic rings. The van der Waals surface area contributed by atoms with Crippen LogP contribution in [0, 0.1) is 13.8 Å². The van der Waals surface area contributed by atoms with Crippen LogP contribution in [0.4, 0.5) is 0 Å². The van der Waals surface area contributed by atoms with Gasteiger partial charge in [-0.1, -0.05) is 13.6 Å². The lowest BCUT2D eigenvalue weighted by Gasteiger charge is -1.91. The molecule has 17 heavy (non-hydrogen) atoms. The quantitative estimate of drug-likeness (QED) is 0.533. The first-order valence-electron chi connectivity index (χ1n) is 5.53. The van der Waals surface area contributed by atoms with Crippen molar-refractivity contribution < 1.29 is 0 Å². The summed E-state index contributed by atoms with van der Waals surface area (Å²) >= 11 is 3.76. The molecule has 0 saturated carbocycles. The van der Waals surface area contributed by atoms with Gasteiger partial charge in [0.05, 0.1) is 4.62 Å². The van der Waals surface area contributed by atoms with E-state index >= 15 is 0 Å². The second kappa shape index (κ2) is 4.45. The molecule has 0 N–H and O–H groups in total. The largest absolute Gasteiger partial charge is 0.143 e. The highest BCUT2D eigenvalue weighted by Gasteiger charge is 2.07. The fourth-order valence-corrected chi connectivity index (χ4v) is 6.23. The second-order valence-corrected chi connectivity index (χ2v) is 8.29. The lowest BCUT2D eigenvalue weighted by Crippen LogP contribution is -1.63. The van der Waals surface area contributed by atoms with Gasteiger partial charge >= 0.3 is 0 Å². The standard InChI is InChI=1S/C14H13PS2/c1-10-8-15(9-11(10)2)14-6-5-13(17-14)12-4-3-7-16-12/h3-9H,1-2H3. The number of thiophene rings is 2. The Labute approximate surface area is 111 Å². The zero-order chi connectivity index (χ0) is 11.8. The summed E-state index contributed by atoms with van der Waals surface area (Å²) in [6, 6.07) is 8.88. The van der Waals surface area contributed by atoms with Gasteiger partial charge in [0.1, 0.15) is 0 Å². The van der Waals surface area contributed by atoms with Crippen molar-refractivity contribution >= 4 is 30.2 Å². The molecule has 3 heteroatoms. The van der Waals surface area contributed by atoms with Crippen LogP contribution in [0.2, 0.25) is 0 Å². The van der Waals surface area contributed by atoms with Gasteiger partial charge in [-0.2, -0.15) is 0 Å². The van der Waals surface area contributed by atoms with Crippen LogP contribution in [-0.4, -0.2) is 0 Å². The third-order valence-electron chi connectivity index (χ3n) is 2.90. The Bertz CT molecular complexity index is 610. The highest BCUT2D eigenvalue weighted by molar-refractivity contribution is 7.63. The molecule has 3 heterocycles. The predicted octanol–water partition coefficient (Wildman–Crippen LogP) is 6.07. The van der Waals surface area contributed by atoms with Gasteiger partial charge < -0.3 is 0 Å². The number of aryl methyl sites for hydroxylation is 2. The number of rotatable bonds is 2. The monoisotopic (exact) mass is 276 g/mol. The first-order valence-corrected chi connectivity index (χ1v) is 8.71. The Morgan fingerprint density at radius 3 is 2.35 bits per heavy atom. The van der Waals surface area contributed by atoms with E-state index in [1.807, 2.05) is 22.7 Å². The van der Waals surface area contributed by atoms with Crippen LogP contribution < -0.4 is 0 Å². The molecule has 0 aliphatic heterocycles. The van der Waals surface area contributed by atoms with E-state index < -0.39 is 0 Å². The van der Waals surface area contributed by atoms with E-state index in [-0.39, 0.29) is 7.53 Å². The summed E-state index contributed by atoms with van der Waals surface area (Å²) in [5.41, 5.74) is 2.89. The average Bonchev–Trinajstić information content (AvgIpc) is 3.00. The number of hydrogen-bond acceptors (Lipinski definition) is 2. The van der Waals surface area contributed by atoms with Gasteiger partial charge in [-0.3, -0.25) is 0 Å². The van der Waals surface area contributed by atoms with Crippen molar-refractivity contribution in [2.24, 2.45) is 0 Å². The van der Waals surface area contributed by atoms with E-state index in [4.69, 9.17) is 0 Å². The zero-order valence-corrected chi connectivity index (χ0v) is 12.3. The van der Waals surface area contributed by atoms with E-state index in [2.05, 4.69) is 55.1 Å². The lowest BCUT2D eigenvalue weighted by atomic mass is 10.2. The molecule has 0 bridgehead atoms. The average molecular weight is 276 g/mol. The summed E-state index contributed by atoms with van der Waals surface area (Å²) in [7, 11) is -0.175. The van der Waals surface area contributed by atoms with Gasteiger partial charge in [0.25, 0.3) is 0 Å². The fourth-order valence-electron chi connectivity index (χ4n) is 1.80. The Hall–Kier alpha value is -0.820. The Balaban J connectivity index is 2.00. The maximum atomic E-state index is 2.43. The van der Waals surface area contributed by atoms with E-state index in [0.717, 1.165) is 0 Å². The first kappa shape index (κ1) is 11.3. The van der Waals surface area contributed by atoms with Crippen molar-refractivity contribution in [1.29, 1.82) is 0 Å². The molecule has 0 unspecified atom stereocenters. The molecule has 0 radical (unpaired) electrons. The molecular formula is C14H13PS2. The smallest absolute Gasteiger partial charge is 0.0507 e. The van der Waals surface area contributed by atoms with E-state index in [9.17, 15) is 0 Å². The van der Waals surface area contributed by atoms with Crippen molar-refractivity contribution in [2.75, 3.05) is 0 Å². The molecule has 0 aromatic carbocycles. The SMILES string of the molecule is Cc1cp(-c2ccc(-c3cccs3)s2)cc1C. The molecule has 3 aromatic heterocycles. The van der Waals surface area contributed by atoms with Crippen LogP contribution in [0.5, 0.6) is 0 Å². The fraction of sp³-hybridized carbons (Fsp3) is 0.143. The normalized spacial score (nSPS) is 10.9. The molecule has 0 spiro atoms. The van der Waals surface area contributed by atoms with Crippen molar-refractivity contribution in [3.8, 4) is 14.4 Å². The summed E-state index contributed by atoms with van der Waals surface area (Å²) in [5, 5.41) is 2.14. The Morgan fingerprint density at radius 2 is 1.71 bits per heavy atom. The molecule has 0 aliphatic carbocycles. The van der Waals surface area contributed by atoms with Gasteiger partial charge in [0.15, 0.2) is 0 Å². The minimum Gasteiger partial charge on any atom is -0.143 e. The molecule has 3 rings (SSSR count). The molecule has 0 atom stereocenters. The summed E-state index contributed by atoms with van der Waals surface area (Å²) in [6.07, 6.45) is 0. The maximum absolute atomic E-state index is 2.43. The molecule has 0 fully saturated rings. The van der Waals surface area contributed by atoms with E-state index in [1.54, 1.807) is 0 Å². The third-order valence-corrected chi connectivity index (χ3v) is 7.75. The van der Waals surface area contributed by atoms with Crippen LogP contribution in [0.15, 0.2) is 41.2 Å².